The van der Waals surface area contributed by atoms with Crippen molar-refractivity contribution < 1.29 is 25.8 Å². The van der Waals surface area contributed by atoms with Crippen LogP contribution in [0.2, 0.25) is 0 Å². The Morgan fingerprint density at radius 1 is 0.959 bits per heavy atom. The SMILES string of the molecule is CCCCc1c(C2C(C)=CCC[C@@H]2C)c(C)nn1-c1[c-]c(Oc2[c-]c3c(cc2)c2ccccc2n3-c2cc(C)ccn2)cc(C(C)C)c1.[Pt+2]. The molecule has 0 saturated carbocycles. The maximum Gasteiger partial charge on any atom is 2.00 e. The second-order valence-electron chi connectivity index (χ2n) is 14.0. The molecule has 1 aliphatic carbocycles. The topological polar surface area (TPSA) is 44.9 Å². The Labute approximate surface area is 305 Å². The van der Waals surface area contributed by atoms with E-state index < -0.39 is 0 Å². The molecule has 6 aromatic rings. The zero-order chi connectivity index (χ0) is 33.5. The number of benzene rings is 3. The number of hydrogen-bond donors (Lipinski definition) is 0. The summed E-state index contributed by atoms with van der Waals surface area (Å²) >= 11 is 0. The predicted octanol–water partition coefficient (Wildman–Crippen LogP) is 11.3. The first-order valence-corrected chi connectivity index (χ1v) is 17.6. The van der Waals surface area contributed by atoms with Crippen molar-refractivity contribution in [1.82, 2.24) is 19.3 Å². The van der Waals surface area contributed by atoms with Crippen LogP contribution in [-0.4, -0.2) is 19.3 Å². The molecule has 2 atom stereocenters. The first-order chi connectivity index (χ1) is 23.2. The summed E-state index contributed by atoms with van der Waals surface area (Å²) in [7, 11) is 0. The van der Waals surface area contributed by atoms with Gasteiger partial charge in [-0.2, -0.15) is 11.2 Å². The van der Waals surface area contributed by atoms with Crippen molar-refractivity contribution in [2.24, 2.45) is 5.92 Å². The van der Waals surface area contributed by atoms with Crippen LogP contribution in [0.3, 0.4) is 0 Å². The van der Waals surface area contributed by atoms with Gasteiger partial charge in [0, 0.05) is 40.4 Å². The molecule has 0 fully saturated rings. The van der Waals surface area contributed by atoms with E-state index in [1.54, 1.807) is 0 Å². The number of aromatic nitrogens is 4. The molecule has 0 radical (unpaired) electrons. The van der Waals surface area contributed by atoms with E-state index in [-0.39, 0.29) is 21.1 Å². The largest absolute Gasteiger partial charge is 2.00 e. The van der Waals surface area contributed by atoms with Crippen LogP contribution in [0.25, 0.3) is 33.3 Å². The predicted molar refractivity (Wildman–Crippen MR) is 197 cm³/mol. The summed E-state index contributed by atoms with van der Waals surface area (Å²) in [5, 5.41) is 7.51. The van der Waals surface area contributed by atoms with Crippen LogP contribution in [0.5, 0.6) is 11.5 Å². The van der Waals surface area contributed by atoms with Crippen LogP contribution in [0, 0.1) is 31.9 Å². The van der Waals surface area contributed by atoms with Crippen molar-refractivity contribution in [3.05, 3.63) is 119 Å². The van der Waals surface area contributed by atoms with Gasteiger partial charge in [0.15, 0.2) is 0 Å². The number of rotatable bonds is 9. The fraction of sp³-hybridized carbons (Fsp3) is 0.349. The Bertz CT molecular complexity index is 2150. The summed E-state index contributed by atoms with van der Waals surface area (Å²) in [4.78, 5) is 4.74. The monoisotopic (exact) mass is 829 g/mol. The number of nitrogens with zero attached hydrogens (tertiary/aromatic N) is 4. The fourth-order valence-electron chi connectivity index (χ4n) is 7.59. The molecule has 6 heteroatoms. The molecule has 0 N–H and O–H groups in total. The smallest absolute Gasteiger partial charge is 0.509 e. The van der Waals surface area contributed by atoms with E-state index in [0.717, 1.165) is 70.3 Å². The number of hydrogen-bond acceptors (Lipinski definition) is 3. The average molecular weight is 830 g/mol. The second-order valence-corrected chi connectivity index (χ2v) is 14.0. The van der Waals surface area contributed by atoms with Gasteiger partial charge in [-0.15, -0.1) is 41.3 Å². The van der Waals surface area contributed by atoms with Gasteiger partial charge in [0.25, 0.3) is 0 Å². The fourth-order valence-corrected chi connectivity index (χ4v) is 7.59. The van der Waals surface area contributed by atoms with Gasteiger partial charge in [-0.1, -0.05) is 69.5 Å². The zero-order valence-electron chi connectivity index (χ0n) is 29.7. The van der Waals surface area contributed by atoms with Gasteiger partial charge in [-0.25, -0.2) is 4.98 Å². The van der Waals surface area contributed by atoms with Gasteiger partial charge in [-0.05, 0) is 93.1 Å². The number of para-hydroxylation sites is 1. The molecule has 49 heavy (non-hydrogen) atoms. The third-order valence-electron chi connectivity index (χ3n) is 10.1. The molecular weight excluding hydrogens is 784 g/mol. The summed E-state index contributed by atoms with van der Waals surface area (Å²) in [6.45, 7) is 15.7. The van der Waals surface area contributed by atoms with E-state index in [0.29, 0.717) is 29.3 Å². The molecule has 254 valence electrons. The van der Waals surface area contributed by atoms with Gasteiger partial charge >= 0.3 is 21.1 Å². The molecule has 7 rings (SSSR count). The van der Waals surface area contributed by atoms with Gasteiger partial charge in [0.2, 0.25) is 0 Å². The van der Waals surface area contributed by atoms with Crippen LogP contribution in [0.15, 0.2) is 78.5 Å². The third-order valence-corrected chi connectivity index (χ3v) is 10.1. The van der Waals surface area contributed by atoms with Crippen molar-refractivity contribution in [2.75, 3.05) is 0 Å². The van der Waals surface area contributed by atoms with E-state index in [1.807, 2.05) is 18.3 Å². The summed E-state index contributed by atoms with van der Waals surface area (Å²) in [6.07, 6.45) is 9.92. The van der Waals surface area contributed by atoms with Crippen LogP contribution in [-0.2, 0) is 27.5 Å². The van der Waals surface area contributed by atoms with Crippen LogP contribution in [0.4, 0.5) is 0 Å². The minimum Gasteiger partial charge on any atom is -0.509 e. The van der Waals surface area contributed by atoms with Crippen molar-refractivity contribution in [1.29, 1.82) is 0 Å². The molecular formula is C43H46N4OPt. The molecule has 1 unspecified atom stereocenters. The normalized spacial score (nSPS) is 16.3. The molecule has 0 saturated heterocycles. The van der Waals surface area contributed by atoms with Crippen LogP contribution < -0.4 is 4.74 Å². The standard InChI is InChI=1S/C43H46N4O.Pt/c1-8-9-16-39-43(42-29(5)13-12-14-30(42)6)31(7)45-47(39)33-23-32(27(2)3)24-35(25-33)48-34-18-19-37-36-15-10-11-17-38(36)46(40(37)26-34)41-22-28(4)20-21-44-41;/h10-11,13,15,17-24,27,30,42H,8-9,12,14,16H2,1-7H3;/q-2;+2/t30-,42?;/m0./s1. The summed E-state index contributed by atoms with van der Waals surface area (Å²) in [5.41, 5.74) is 10.6. The van der Waals surface area contributed by atoms with Crippen molar-refractivity contribution in [3.63, 3.8) is 0 Å². The Balaban J connectivity index is 0.00000417. The Kier molecular flexibility index (Phi) is 10.3. The summed E-state index contributed by atoms with van der Waals surface area (Å²) < 4.78 is 11.0. The minimum atomic E-state index is 0. The van der Waals surface area contributed by atoms with Crippen molar-refractivity contribution in [2.45, 2.75) is 92.4 Å². The average Bonchev–Trinajstić information content (AvgIpc) is 3.57. The summed E-state index contributed by atoms with van der Waals surface area (Å²) in [6, 6.07) is 28.3. The van der Waals surface area contributed by atoms with Gasteiger partial charge in [-0.3, -0.25) is 4.68 Å². The Morgan fingerprint density at radius 3 is 2.53 bits per heavy atom. The molecule has 3 aromatic carbocycles. The molecule has 1 aliphatic rings. The molecule has 0 bridgehead atoms. The number of pyridine rings is 1. The molecule has 0 spiro atoms. The second kappa shape index (κ2) is 14.5. The van der Waals surface area contributed by atoms with E-state index in [4.69, 9.17) is 14.8 Å². The molecule has 0 aliphatic heterocycles. The zero-order valence-corrected chi connectivity index (χ0v) is 32.0. The van der Waals surface area contributed by atoms with Crippen LogP contribution >= 0.6 is 0 Å². The van der Waals surface area contributed by atoms with E-state index in [9.17, 15) is 0 Å². The van der Waals surface area contributed by atoms with E-state index in [1.165, 1.54) is 28.8 Å². The molecule has 0 amide bonds. The Morgan fingerprint density at radius 2 is 1.78 bits per heavy atom. The maximum absolute atomic E-state index is 6.66. The van der Waals surface area contributed by atoms with Crippen LogP contribution in [0.1, 0.15) is 100 Å². The molecule has 3 aromatic heterocycles. The number of unbranched alkanes of at least 4 members (excludes halogenated alkanes) is 1. The van der Waals surface area contributed by atoms with Crippen molar-refractivity contribution in [3.8, 4) is 23.0 Å². The van der Waals surface area contributed by atoms with E-state index in [2.05, 4.69) is 124 Å². The number of fused-ring (bicyclic) bond motifs is 3. The first-order valence-electron chi connectivity index (χ1n) is 17.6. The summed E-state index contributed by atoms with van der Waals surface area (Å²) in [5.74, 6) is 3.48. The van der Waals surface area contributed by atoms with Crippen molar-refractivity contribution >= 4 is 21.8 Å². The maximum atomic E-state index is 6.66. The number of aryl methyl sites for hydroxylation is 2. The third kappa shape index (κ3) is 6.67. The van der Waals surface area contributed by atoms with E-state index >= 15 is 0 Å². The number of ether oxygens (including phenoxy) is 1. The molecule has 5 nitrogen and oxygen atoms in total. The molecule has 3 heterocycles. The Hall–Kier alpha value is -3.95. The number of allylic oxidation sites excluding steroid dienone is 2. The first kappa shape index (κ1) is 34.9. The quantitative estimate of drug-likeness (QED) is 0.108. The minimum absolute atomic E-state index is 0. The van der Waals surface area contributed by atoms with Gasteiger partial charge in [0.1, 0.15) is 5.82 Å². The van der Waals surface area contributed by atoms with Gasteiger partial charge in [0.05, 0.1) is 5.69 Å². The van der Waals surface area contributed by atoms with Gasteiger partial charge < -0.3 is 9.30 Å².